The molecule has 1 aromatic carbocycles. The van der Waals surface area contributed by atoms with Gasteiger partial charge in [0.2, 0.25) is 5.91 Å². The van der Waals surface area contributed by atoms with Gasteiger partial charge in [-0.15, -0.1) is 0 Å². The zero-order valence-corrected chi connectivity index (χ0v) is 9.63. The molecule has 0 fully saturated rings. The highest BCUT2D eigenvalue weighted by Gasteiger charge is 2.06. The summed E-state index contributed by atoms with van der Waals surface area (Å²) < 4.78 is 1.49. The SMILES string of the molecule is CCc1ccccc1NC(=O)Cn1cncn1. The number of para-hydroxylation sites is 1. The fraction of sp³-hybridized carbons (Fsp3) is 0.250. The molecule has 1 heterocycles. The van der Waals surface area contributed by atoms with Crippen molar-refractivity contribution < 1.29 is 4.79 Å². The van der Waals surface area contributed by atoms with Crippen molar-refractivity contribution in [3.05, 3.63) is 42.5 Å². The lowest BCUT2D eigenvalue weighted by Crippen LogP contribution is -2.19. The van der Waals surface area contributed by atoms with E-state index in [1.165, 1.54) is 17.3 Å². The molecule has 88 valence electrons. The quantitative estimate of drug-likeness (QED) is 0.865. The van der Waals surface area contributed by atoms with Crippen LogP contribution in [-0.2, 0) is 17.8 Å². The molecule has 5 heteroatoms. The van der Waals surface area contributed by atoms with Crippen LogP contribution in [-0.4, -0.2) is 20.7 Å². The van der Waals surface area contributed by atoms with Crippen molar-refractivity contribution >= 4 is 11.6 Å². The third kappa shape index (κ3) is 2.90. The van der Waals surface area contributed by atoms with Crippen LogP contribution in [0.4, 0.5) is 5.69 Å². The Morgan fingerprint density at radius 1 is 1.41 bits per heavy atom. The second-order valence-corrected chi connectivity index (χ2v) is 3.65. The number of carbonyl (C=O) groups is 1. The summed E-state index contributed by atoms with van der Waals surface area (Å²) in [7, 11) is 0. The van der Waals surface area contributed by atoms with Gasteiger partial charge < -0.3 is 5.32 Å². The van der Waals surface area contributed by atoms with Crippen molar-refractivity contribution in [2.24, 2.45) is 0 Å². The highest BCUT2D eigenvalue weighted by atomic mass is 16.2. The topological polar surface area (TPSA) is 59.8 Å². The Balaban J connectivity index is 2.03. The molecule has 17 heavy (non-hydrogen) atoms. The third-order valence-electron chi connectivity index (χ3n) is 2.44. The lowest BCUT2D eigenvalue weighted by molar-refractivity contribution is -0.116. The van der Waals surface area contributed by atoms with Crippen LogP contribution in [0.15, 0.2) is 36.9 Å². The van der Waals surface area contributed by atoms with E-state index in [1.807, 2.05) is 24.3 Å². The van der Waals surface area contributed by atoms with Crippen molar-refractivity contribution in [2.75, 3.05) is 5.32 Å². The molecule has 2 rings (SSSR count). The molecule has 5 nitrogen and oxygen atoms in total. The molecule has 0 atom stereocenters. The van der Waals surface area contributed by atoms with Crippen LogP contribution in [0.25, 0.3) is 0 Å². The largest absolute Gasteiger partial charge is 0.324 e. The molecule has 0 unspecified atom stereocenters. The van der Waals surface area contributed by atoms with Crippen LogP contribution >= 0.6 is 0 Å². The molecule has 0 spiro atoms. The van der Waals surface area contributed by atoms with Crippen molar-refractivity contribution in [1.29, 1.82) is 0 Å². The zero-order valence-electron chi connectivity index (χ0n) is 9.63. The predicted molar refractivity (Wildman–Crippen MR) is 64.5 cm³/mol. The molecule has 0 aliphatic heterocycles. The average Bonchev–Trinajstić information content (AvgIpc) is 2.82. The van der Waals surface area contributed by atoms with E-state index < -0.39 is 0 Å². The molecule has 1 aromatic heterocycles. The van der Waals surface area contributed by atoms with Crippen LogP contribution in [0.1, 0.15) is 12.5 Å². The number of carbonyl (C=O) groups excluding carboxylic acids is 1. The van der Waals surface area contributed by atoms with E-state index in [4.69, 9.17) is 0 Å². The van der Waals surface area contributed by atoms with E-state index in [1.54, 1.807) is 0 Å². The van der Waals surface area contributed by atoms with Crippen molar-refractivity contribution in [1.82, 2.24) is 14.8 Å². The van der Waals surface area contributed by atoms with Crippen LogP contribution in [0.2, 0.25) is 0 Å². The van der Waals surface area contributed by atoms with E-state index in [0.29, 0.717) is 0 Å². The number of anilines is 1. The molecule has 0 saturated carbocycles. The van der Waals surface area contributed by atoms with Crippen LogP contribution in [0.3, 0.4) is 0 Å². The van der Waals surface area contributed by atoms with Crippen LogP contribution < -0.4 is 5.32 Å². The summed E-state index contributed by atoms with van der Waals surface area (Å²) in [6.45, 7) is 2.24. The third-order valence-corrected chi connectivity index (χ3v) is 2.44. The molecule has 0 radical (unpaired) electrons. The Morgan fingerprint density at radius 3 is 2.94 bits per heavy atom. The molecular weight excluding hydrogens is 216 g/mol. The van der Waals surface area contributed by atoms with Gasteiger partial charge in [-0.2, -0.15) is 5.10 Å². The van der Waals surface area contributed by atoms with Crippen LogP contribution in [0.5, 0.6) is 0 Å². The monoisotopic (exact) mass is 230 g/mol. The minimum absolute atomic E-state index is 0.101. The second-order valence-electron chi connectivity index (χ2n) is 3.65. The highest BCUT2D eigenvalue weighted by molar-refractivity contribution is 5.91. The van der Waals surface area contributed by atoms with Gasteiger partial charge in [-0.25, -0.2) is 9.67 Å². The number of hydrogen-bond acceptors (Lipinski definition) is 3. The summed E-state index contributed by atoms with van der Waals surface area (Å²) in [6.07, 6.45) is 3.82. The lowest BCUT2D eigenvalue weighted by atomic mass is 10.1. The summed E-state index contributed by atoms with van der Waals surface area (Å²) in [5.41, 5.74) is 1.99. The summed E-state index contributed by atoms with van der Waals surface area (Å²) in [5.74, 6) is -0.101. The number of amides is 1. The Kier molecular flexibility index (Phi) is 3.49. The average molecular weight is 230 g/mol. The van der Waals surface area contributed by atoms with Crippen LogP contribution in [0, 0.1) is 0 Å². The van der Waals surface area contributed by atoms with E-state index in [2.05, 4.69) is 22.3 Å². The Labute approximate surface area is 99.5 Å². The number of nitrogens with one attached hydrogen (secondary N) is 1. The fourth-order valence-corrected chi connectivity index (χ4v) is 1.60. The van der Waals surface area contributed by atoms with Crippen molar-refractivity contribution in [2.45, 2.75) is 19.9 Å². The molecule has 1 N–H and O–H groups in total. The minimum Gasteiger partial charge on any atom is -0.324 e. The zero-order chi connectivity index (χ0) is 12.1. The highest BCUT2D eigenvalue weighted by Crippen LogP contribution is 2.15. The maximum Gasteiger partial charge on any atom is 0.246 e. The van der Waals surface area contributed by atoms with Gasteiger partial charge in [0, 0.05) is 5.69 Å². The Morgan fingerprint density at radius 2 is 2.24 bits per heavy atom. The molecule has 0 bridgehead atoms. The molecule has 0 aliphatic rings. The van der Waals surface area contributed by atoms with Gasteiger partial charge >= 0.3 is 0 Å². The first-order valence-electron chi connectivity index (χ1n) is 5.49. The number of benzene rings is 1. The number of aryl methyl sites for hydroxylation is 1. The van der Waals surface area contributed by atoms with E-state index >= 15 is 0 Å². The summed E-state index contributed by atoms with van der Waals surface area (Å²) in [6, 6.07) is 7.78. The van der Waals surface area contributed by atoms with Crippen molar-refractivity contribution in [3.8, 4) is 0 Å². The molecule has 2 aromatic rings. The first kappa shape index (κ1) is 11.3. The van der Waals surface area contributed by atoms with Gasteiger partial charge in [0.25, 0.3) is 0 Å². The smallest absolute Gasteiger partial charge is 0.246 e. The van der Waals surface area contributed by atoms with E-state index in [9.17, 15) is 4.79 Å². The first-order chi connectivity index (χ1) is 8.29. The molecule has 0 saturated heterocycles. The first-order valence-corrected chi connectivity index (χ1v) is 5.49. The van der Waals surface area contributed by atoms with Gasteiger partial charge in [0.15, 0.2) is 0 Å². The Hall–Kier alpha value is -2.17. The molecular formula is C12H14N4O. The van der Waals surface area contributed by atoms with Gasteiger partial charge in [0.1, 0.15) is 19.2 Å². The lowest BCUT2D eigenvalue weighted by Gasteiger charge is -2.09. The normalized spacial score (nSPS) is 10.2. The predicted octanol–water partition coefficient (Wildman–Crippen LogP) is 1.48. The minimum atomic E-state index is -0.101. The fourth-order valence-electron chi connectivity index (χ4n) is 1.60. The van der Waals surface area contributed by atoms with Gasteiger partial charge in [-0.3, -0.25) is 4.79 Å². The number of hydrogen-bond donors (Lipinski definition) is 1. The standard InChI is InChI=1S/C12H14N4O/c1-2-10-5-3-4-6-11(10)15-12(17)7-16-9-13-8-14-16/h3-6,8-9H,2,7H2,1H3,(H,15,17). The van der Waals surface area contributed by atoms with Gasteiger partial charge in [-0.1, -0.05) is 25.1 Å². The summed E-state index contributed by atoms with van der Waals surface area (Å²) in [4.78, 5) is 15.5. The number of aromatic nitrogens is 3. The van der Waals surface area contributed by atoms with E-state index in [0.717, 1.165) is 17.7 Å². The maximum atomic E-state index is 11.7. The second kappa shape index (κ2) is 5.25. The van der Waals surface area contributed by atoms with Gasteiger partial charge in [-0.05, 0) is 18.1 Å². The summed E-state index contributed by atoms with van der Waals surface area (Å²) in [5, 5.41) is 6.76. The number of rotatable bonds is 4. The van der Waals surface area contributed by atoms with Gasteiger partial charge in [0.05, 0.1) is 0 Å². The molecule has 0 aliphatic carbocycles. The van der Waals surface area contributed by atoms with Crippen molar-refractivity contribution in [3.63, 3.8) is 0 Å². The molecule has 1 amide bonds. The number of nitrogens with zero attached hydrogens (tertiary/aromatic N) is 3. The maximum absolute atomic E-state index is 11.7. The Bertz CT molecular complexity index is 493. The summed E-state index contributed by atoms with van der Waals surface area (Å²) >= 11 is 0. The van der Waals surface area contributed by atoms with E-state index in [-0.39, 0.29) is 12.5 Å².